The van der Waals surface area contributed by atoms with E-state index in [-0.39, 0.29) is 0 Å². The van der Waals surface area contributed by atoms with Gasteiger partial charge in [0.15, 0.2) is 0 Å². The Bertz CT molecular complexity index is 808. The molecule has 1 aliphatic carbocycles. The van der Waals surface area contributed by atoms with Gasteiger partial charge in [0.1, 0.15) is 0 Å². The van der Waals surface area contributed by atoms with Gasteiger partial charge in [0.05, 0.1) is 0 Å². The smallest absolute Gasteiger partial charge is 0.00759 e. The van der Waals surface area contributed by atoms with Crippen molar-refractivity contribution in [2.24, 2.45) is 0 Å². The molecule has 0 amide bonds. The molecule has 0 saturated heterocycles. The summed E-state index contributed by atoms with van der Waals surface area (Å²) < 4.78 is 0. The fraction of sp³-hybridized carbons (Fsp3) is 0.304. The zero-order valence-corrected chi connectivity index (χ0v) is 13.9. The lowest BCUT2D eigenvalue weighted by Crippen LogP contribution is -2.06. The molecule has 0 radical (unpaired) electrons. The minimum absolute atomic E-state index is 0.747. The van der Waals surface area contributed by atoms with Crippen molar-refractivity contribution >= 4 is 10.8 Å². The maximum absolute atomic E-state index is 2.47. The van der Waals surface area contributed by atoms with Gasteiger partial charge in [-0.25, -0.2) is 0 Å². The van der Waals surface area contributed by atoms with Gasteiger partial charge in [-0.1, -0.05) is 79.9 Å². The van der Waals surface area contributed by atoms with Gasteiger partial charge in [0, 0.05) is 0 Å². The van der Waals surface area contributed by atoms with Crippen molar-refractivity contribution in [1.29, 1.82) is 0 Å². The van der Waals surface area contributed by atoms with Crippen LogP contribution in [0.15, 0.2) is 60.7 Å². The van der Waals surface area contributed by atoms with Crippen LogP contribution < -0.4 is 0 Å². The van der Waals surface area contributed by atoms with Gasteiger partial charge < -0.3 is 0 Å². The van der Waals surface area contributed by atoms with Crippen LogP contribution in [-0.2, 0) is 0 Å². The first-order valence-corrected chi connectivity index (χ1v) is 8.92. The molecule has 0 atom stereocenters. The highest BCUT2D eigenvalue weighted by Crippen LogP contribution is 2.41. The zero-order chi connectivity index (χ0) is 15.6. The first-order valence-electron chi connectivity index (χ1n) is 8.92. The van der Waals surface area contributed by atoms with Crippen LogP contribution in [0.1, 0.15) is 49.1 Å². The van der Waals surface area contributed by atoms with Crippen molar-refractivity contribution in [3.8, 4) is 11.1 Å². The summed E-state index contributed by atoms with van der Waals surface area (Å²) in [5.41, 5.74) is 5.73. The summed E-state index contributed by atoms with van der Waals surface area (Å²) in [6, 6.07) is 22.3. The molecule has 0 spiro atoms. The van der Waals surface area contributed by atoms with Crippen molar-refractivity contribution in [1.82, 2.24) is 0 Å². The minimum atomic E-state index is 0.747. The summed E-state index contributed by atoms with van der Waals surface area (Å²) in [4.78, 5) is 0. The van der Waals surface area contributed by atoms with E-state index in [1.165, 1.54) is 59.6 Å². The zero-order valence-electron chi connectivity index (χ0n) is 13.9. The molecule has 116 valence electrons. The number of aryl methyl sites for hydroxylation is 1. The number of hydrogen-bond acceptors (Lipinski definition) is 0. The third-order valence-corrected chi connectivity index (χ3v) is 5.38. The lowest BCUT2D eigenvalue weighted by Gasteiger charge is -2.25. The number of benzene rings is 3. The average Bonchev–Trinajstić information content (AvgIpc) is 2.62. The van der Waals surface area contributed by atoms with E-state index < -0.39 is 0 Å². The molecule has 0 nitrogen and oxygen atoms in total. The maximum Gasteiger partial charge on any atom is -0.00759 e. The van der Waals surface area contributed by atoms with E-state index in [4.69, 9.17) is 0 Å². The van der Waals surface area contributed by atoms with E-state index in [1.807, 2.05) is 0 Å². The Morgan fingerprint density at radius 1 is 0.739 bits per heavy atom. The summed E-state index contributed by atoms with van der Waals surface area (Å²) >= 11 is 0. The van der Waals surface area contributed by atoms with E-state index in [9.17, 15) is 0 Å². The van der Waals surface area contributed by atoms with E-state index in [2.05, 4.69) is 67.6 Å². The molecule has 3 aromatic carbocycles. The molecule has 0 aliphatic heterocycles. The van der Waals surface area contributed by atoms with E-state index in [0.29, 0.717) is 0 Å². The van der Waals surface area contributed by atoms with Crippen LogP contribution in [0.5, 0.6) is 0 Å². The fourth-order valence-corrected chi connectivity index (χ4v) is 4.29. The summed E-state index contributed by atoms with van der Waals surface area (Å²) in [7, 11) is 0. The van der Waals surface area contributed by atoms with Gasteiger partial charge in [0.2, 0.25) is 0 Å². The third-order valence-electron chi connectivity index (χ3n) is 5.38. The molecule has 3 aromatic rings. The highest BCUT2D eigenvalue weighted by atomic mass is 14.2. The number of fused-ring (bicyclic) bond motifs is 1. The molecule has 0 heterocycles. The summed E-state index contributed by atoms with van der Waals surface area (Å²) in [6.45, 7) is 2.28. The normalized spacial score (nSPS) is 15.9. The molecule has 0 heteroatoms. The second-order valence-corrected chi connectivity index (χ2v) is 6.90. The van der Waals surface area contributed by atoms with Crippen LogP contribution in [0, 0.1) is 6.92 Å². The molecular weight excluding hydrogens is 276 g/mol. The van der Waals surface area contributed by atoms with E-state index in [0.717, 1.165) is 5.92 Å². The Kier molecular flexibility index (Phi) is 3.91. The van der Waals surface area contributed by atoms with Gasteiger partial charge in [-0.15, -0.1) is 0 Å². The first-order chi connectivity index (χ1) is 11.3. The van der Waals surface area contributed by atoms with Crippen molar-refractivity contribution in [3.63, 3.8) is 0 Å². The molecule has 1 fully saturated rings. The second-order valence-electron chi connectivity index (χ2n) is 6.90. The van der Waals surface area contributed by atoms with Gasteiger partial charge in [-0.3, -0.25) is 0 Å². The van der Waals surface area contributed by atoms with Gasteiger partial charge in [0.25, 0.3) is 0 Å². The molecule has 1 saturated carbocycles. The highest BCUT2D eigenvalue weighted by molar-refractivity contribution is 6.00. The lowest BCUT2D eigenvalue weighted by atomic mass is 9.80. The van der Waals surface area contributed by atoms with Gasteiger partial charge >= 0.3 is 0 Å². The number of rotatable bonds is 2. The van der Waals surface area contributed by atoms with Crippen molar-refractivity contribution in [2.75, 3.05) is 0 Å². The molecule has 0 aromatic heterocycles. The van der Waals surface area contributed by atoms with Crippen molar-refractivity contribution < 1.29 is 0 Å². The standard InChI is InChI=1S/C23H24/c1-17-16-22(18-10-4-2-5-11-18)20-14-8-9-15-21(20)23(17)19-12-6-3-7-13-19/h3,6-9,12-16,18H,2,4-5,10-11H2,1H3. The molecule has 23 heavy (non-hydrogen) atoms. The molecule has 0 N–H and O–H groups in total. The second kappa shape index (κ2) is 6.20. The Morgan fingerprint density at radius 2 is 1.39 bits per heavy atom. The van der Waals surface area contributed by atoms with Gasteiger partial charge in [-0.05, 0) is 58.7 Å². The largest absolute Gasteiger partial charge is 0.0622 e. The summed E-state index contributed by atoms with van der Waals surface area (Å²) in [5, 5.41) is 2.88. The Hall–Kier alpha value is -2.08. The van der Waals surface area contributed by atoms with Crippen LogP contribution in [0.2, 0.25) is 0 Å². The van der Waals surface area contributed by atoms with Crippen LogP contribution >= 0.6 is 0 Å². The van der Waals surface area contributed by atoms with Crippen LogP contribution in [0.25, 0.3) is 21.9 Å². The predicted octanol–water partition coefficient (Wildman–Crippen LogP) is 6.86. The quantitative estimate of drug-likeness (QED) is 0.485. The Labute approximate surface area is 139 Å². The number of hydrogen-bond donors (Lipinski definition) is 0. The summed E-state index contributed by atoms with van der Waals surface area (Å²) in [5.74, 6) is 0.747. The topological polar surface area (TPSA) is 0 Å². The highest BCUT2D eigenvalue weighted by Gasteiger charge is 2.20. The van der Waals surface area contributed by atoms with E-state index in [1.54, 1.807) is 5.56 Å². The van der Waals surface area contributed by atoms with Crippen LogP contribution in [0.3, 0.4) is 0 Å². The SMILES string of the molecule is Cc1cc(C2CCCCC2)c2ccccc2c1-c1ccccc1. The molecule has 0 bridgehead atoms. The fourth-order valence-electron chi connectivity index (χ4n) is 4.29. The minimum Gasteiger partial charge on any atom is -0.0622 e. The lowest BCUT2D eigenvalue weighted by molar-refractivity contribution is 0.445. The van der Waals surface area contributed by atoms with Crippen LogP contribution in [0.4, 0.5) is 0 Å². The summed E-state index contributed by atoms with van der Waals surface area (Å²) in [6.07, 6.45) is 6.90. The monoisotopic (exact) mass is 300 g/mol. The van der Waals surface area contributed by atoms with Crippen LogP contribution in [-0.4, -0.2) is 0 Å². The maximum atomic E-state index is 2.47. The molecule has 0 unspecified atom stereocenters. The van der Waals surface area contributed by atoms with Crippen molar-refractivity contribution in [3.05, 3.63) is 71.8 Å². The average molecular weight is 300 g/mol. The Morgan fingerprint density at radius 3 is 2.13 bits per heavy atom. The molecule has 1 aliphatic rings. The third kappa shape index (κ3) is 2.67. The first kappa shape index (κ1) is 14.5. The van der Waals surface area contributed by atoms with Crippen molar-refractivity contribution in [2.45, 2.75) is 44.9 Å². The molecule has 4 rings (SSSR count). The molecular formula is C23H24. The predicted molar refractivity (Wildman–Crippen MR) is 99.9 cm³/mol. The van der Waals surface area contributed by atoms with Gasteiger partial charge in [-0.2, -0.15) is 0 Å². The van der Waals surface area contributed by atoms with E-state index >= 15 is 0 Å². The Balaban J connectivity index is 1.95.